The molecule has 3 rings (SSSR count). The number of nitrogens with zero attached hydrogens (tertiary/aromatic N) is 3. The molecule has 0 spiro atoms. The fourth-order valence-electron chi connectivity index (χ4n) is 3.13. The van der Waals surface area contributed by atoms with Crippen molar-refractivity contribution in [2.45, 2.75) is 13.5 Å². The largest absolute Gasteiger partial charge is 0.448 e. The van der Waals surface area contributed by atoms with Crippen LogP contribution in [0.25, 0.3) is 0 Å². The lowest BCUT2D eigenvalue weighted by atomic mass is 10.1. The third-order valence-corrected chi connectivity index (χ3v) is 4.48. The number of piperazine rings is 1. The molecule has 0 bridgehead atoms. The SMILES string of the molecule is Cc1cccc(CN2CCN(CCN3CCOC3=O)CC2)c1. The molecule has 2 aliphatic heterocycles. The van der Waals surface area contributed by atoms with Crippen molar-refractivity contribution in [2.24, 2.45) is 0 Å². The van der Waals surface area contributed by atoms with Gasteiger partial charge in [-0.2, -0.15) is 0 Å². The van der Waals surface area contributed by atoms with Crippen molar-refractivity contribution in [3.8, 4) is 0 Å². The summed E-state index contributed by atoms with van der Waals surface area (Å²) in [4.78, 5) is 18.2. The maximum atomic E-state index is 11.4. The van der Waals surface area contributed by atoms with Crippen LogP contribution in [0.5, 0.6) is 0 Å². The molecular weight excluding hydrogens is 278 g/mol. The predicted molar refractivity (Wildman–Crippen MR) is 85.8 cm³/mol. The Kier molecular flexibility index (Phi) is 4.95. The highest BCUT2D eigenvalue weighted by Crippen LogP contribution is 2.11. The fraction of sp³-hybridized carbons (Fsp3) is 0.588. The van der Waals surface area contributed by atoms with E-state index in [1.807, 2.05) is 0 Å². The van der Waals surface area contributed by atoms with E-state index in [1.54, 1.807) is 4.90 Å². The minimum Gasteiger partial charge on any atom is -0.448 e. The number of rotatable bonds is 5. The van der Waals surface area contributed by atoms with Gasteiger partial charge in [0.05, 0.1) is 6.54 Å². The first-order chi connectivity index (χ1) is 10.7. The standard InChI is InChI=1S/C17H25N3O2/c1-15-3-2-4-16(13-15)14-19-7-5-18(6-8-19)9-10-20-11-12-22-17(20)21/h2-4,13H,5-12,14H2,1H3. The van der Waals surface area contributed by atoms with Crippen LogP contribution in [0, 0.1) is 6.92 Å². The molecule has 2 fully saturated rings. The van der Waals surface area contributed by atoms with Crippen LogP contribution in [-0.4, -0.2) is 73.2 Å². The summed E-state index contributed by atoms with van der Waals surface area (Å²) in [6.45, 7) is 10.6. The van der Waals surface area contributed by atoms with Crippen molar-refractivity contribution in [1.29, 1.82) is 0 Å². The van der Waals surface area contributed by atoms with Gasteiger partial charge in [0.2, 0.25) is 0 Å². The molecule has 0 atom stereocenters. The number of ether oxygens (including phenoxy) is 1. The number of cyclic esters (lactones) is 1. The highest BCUT2D eigenvalue weighted by atomic mass is 16.6. The van der Waals surface area contributed by atoms with Gasteiger partial charge in [-0.05, 0) is 12.5 Å². The molecular formula is C17H25N3O2. The first-order valence-electron chi connectivity index (χ1n) is 8.13. The fourth-order valence-corrected chi connectivity index (χ4v) is 3.13. The Morgan fingerprint density at radius 2 is 1.82 bits per heavy atom. The number of carbonyl (C=O) groups excluding carboxylic acids is 1. The van der Waals surface area contributed by atoms with Crippen LogP contribution in [0.2, 0.25) is 0 Å². The van der Waals surface area contributed by atoms with Gasteiger partial charge in [0.1, 0.15) is 6.61 Å². The van der Waals surface area contributed by atoms with E-state index in [9.17, 15) is 4.79 Å². The summed E-state index contributed by atoms with van der Waals surface area (Å²) in [5, 5.41) is 0. The van der Waals surface area contributed by atoms with Crippen LogP contribution in [0.1, 0.15) is 11.1 Å². The molecule has 1 amide bonds. The molecule has 22 heavy (non-hydrogen) atoms. The van der Waals surface area contributed by atoms with Gasteiger partial charge in [-0.1, -0.05) is 29.8 Å². The summed E-state index contributed by atoms with van der Waals surface area (Å²) in [6, 6.07) is 8.75. The Morgan fingerprint density at radius 3 is 2.50 bits per heavy atom. The zero-order chi connectivity index (χ0) is 15.4. The monoisotopic (exact) mass is 303 g/mol. The molecule has 0 aliphatic carbocycles. The van der Waals surface area contributed by atoms with Crippen molar-refractivity contribution in [1.82, 2.24) is 14.7 Å². The van der Waals surface area contributed by atoms with Crippen molar-refractivity contribution < 1.29 is 9.53 Å². The quantitative estimate of drug-likeness (QED) is 0.827. The first-order valence-corrected chi connectivity index (χ1v) is 8.13. The molecule has 2 heterocycles. The Bertz CT molecular complexity index is 512. The van der Waals surface area contributed by atoms with E-state index in [0.717, 1.165) is 52.4 Å². The van der Waals surface area contributed by atoms with Crippen LogP contribution in [-0.2, 0) is 11.3 Å². The van der Waals surface area contributed by atoms with Gasteiger partial charge in [0, 0.05) is 45.8 Å². The topological polar surface area (TPSA) is 36.0 Å². The summed E-state index contributed by atoms with van der Waals surface area (Å²) in [7, 11) is 0. The zero-order valence-electron chi connectivity index (χ0n) is 13.3. The molecule has 1 aromatic rings. The molecule has 0 saturated carbocycles. The molecule has 0 N–H and O–H groups in total. The molecule has 5 heteroatoms. The Labute approximate surface area is 132 Å². The van der Waals surface area contributed by atoms with Crippen LogP contribution >= 0.6 is 0 Å². The Hall–Kier alpha value is -1.59. The lowest BCUT2D eigenvalue weighted by Crippen LogP contribution is -2.48. The second kappa shape index (κ2) is 7.11. The summed E-state index contributed by atoms with van der Waals surface area (Å²) in [5.74, 6) is 0. The van der Waals surface area contributed by atoms with E-state index in [1.165, 1.54) is 11.1 Å². The molecule has 2 aliphatic rings. The van der Waals surface area contributed by atoms with Gasteiger partial charge in [-0.15, -0.1) is 0 Å². The van der Waals surface area contributed by atoms with E-state index in [2.05, 4.69) is 41.0 Å². The highest BCUT2D eigenvalue weighted by Gasteiger charge is 2.23. The lowest BCUT2D eigenvalue weighted by Gasteiger charge is -2.35. The van der Waals surface area contributed by atoms with Crippen molar-refractivity contribution >= 4 is 6.09 Å². The Balaban J connectivity index is 1.39. The second-order valence-corrected chi connectivity index (χ2v) is 6.21. The van der Waals surface area contributed by atoms with E-state index < -0.39 is 0 Å². The van der Waals surface area contributed by atoms with Crippen molar-refractivity contribution in [3.63, 3.8) is 0 Å². The Morgan fingerprint density at radius 1 is 1.05 bits per heavy atom. The summed E-state index contributed by atoms with van der Waals surface area (Å²) in [6.07, 6.45) is -0.155. The van der Waals surface area contributed by atoms with Gasteiger partial charge < -0.3 is 9.64 Å². The average Bonchev–Trinajstić information content (AvgIpc) is 2.92. The maximum Gasteiger partial charge on any atom is 0.409 e. The van der Waals surface area contributed by atoms with E-state index >= 15 is 0 Å². The number of hydrogen-bond donors (Lipinski definition) is 0. The number of benzene rings is 1. The molecule has 1 aromatic carbocycles. The number of aryl methyl sites for hydroxylation is 1. The molecule has 5 nitrogen and oxygen atoms in total. The summed E-state index contributed by atoms with van der Waals surface area (Å²) < 4.78 is 4.96. The molecule has 2 saturated heterocycles. The van der Waals surface area contributed by atoms with E-state index in [4.69, 9.17) is 4.74 Å². The van der Waals surface area contributed by atoms with Crippen LogP contribution in [0.3, 0.4) is 0 Å². The van der Waals surface area contributed by atoms with Gasteiger partial charge in [0.25, 0.3) is 0 Å². The number of carbonyl (C=O) groups is 1. The second-order valence-electron chi connectivity index (χ2n) is 6.21. The van der Waals surface area contributed by atoms with Gasteiger partial charge >= 0.3 is 6.09 Å². The lowest BCUT2D eigenvalue weighted by molar-refractivity contribution is 0.116. The van der Waals surface area contributed by atoms with Gasteiger partial charge in [0.15, 0.2) is 0 Å². The third-order valence-electron chi connectivity index (χ3n) is 4.48. The van der Waals surface area contributed by atoms with Crippen LogP contribution in [0.15, 0.2) is 24.3 Å². The third kappa shape index (κ3) is 3.99. The van der Waals surface area contributed by atoms with Crippen molar-refractivity contribution in [3.05, 3.63) is 35.4 Å². The number of amides is 1. The van der Waals surface area contributed by atoms with Crippen molar-refractivity contribution in [2.75, 3.05) is 52.4 Å². The molecule has 120 valence electrons. The molecule has 0 unspecified atom stereocenters. The van der Waals surface area contributed by atoms with E-state index in [0.29, 0.717) is 6.61 Å². The average molecular weight is 303 g/mol. The van der Waals surface area contributed by atoms with Gasteiger partial charge in [-0.25, -0.2) is 4.79 Å². The number of hydrogen-bond acceptors (Lipinski definition) is 4. The van der Waals surface area contributed by atoms with E-state index in [-0.39, 0.29) is 6.09 Å². The summed E-state index contributed by atoms with van der Waals surface area (Å²) in [5.41, 5.74) is 2.72. The predicted octanol–water partition coefficient (Wildman–Crippen LogP) is 1.56. The van der Waals surface area contributed by atoms with Crippen LogP contribution < -0.4 is 0 Å². The highest BCUT2D eigenvalue weighted by molar-refractivity contribution is 5.69. The van der Waals surface area contributed by atoms with Gasteiger partial charge in [-0.3, -0.25) is 9.80 Å². The minimum absolute atomic E-state index is 0.155. The first kappa shape index (κ1) is 15.3. The molecule has 0 radical (unpaired) electrons. The zero-order valence-corrected chi connectivity index (χ0v) is 13.3. The smallest absolute Gasteiger partial charge is 0.409 e. The normalized spacial score (nSPS) is 20.4. The molecule has 0 aromatic heterocycles. The van der Waals surface area contributed by atoms with Crippen LogP contribution in [0.4, 0.5) is 4.79 Å². The maximum absolute atomic E-state index is 11.4. The summed E-state index contributed by atoms with van der Waals surface area (Å²) >= 11 is 0. The minimum atomic E-state index is -0.155.